The molecule has 9 heteroatoms. The first-order valence-corrected chi connectivity index (χ1v) is 8.75. The Morgan fingerprint density at radius 1 is 1.11 bits per heavy atom. The van der Waals surface area contributed by atoms with E-state index < -0.39 is 16.7 Å². The fourth-order valence-electron chi connectivity index (χ4n) is 2.74. The summed E-state index contributed by atoms with van der Waals surface area (Å²) in [6, 6.07) is 12.0. The molecule has 0 saturated carbocycles. The second-order valence-electron chi connectivity index (χ2n) is 5.88. The van der Waals surface area contributed by atoms with Crippen LogP contribution in [0.4, 0.5) is 0 Å². The molecule has 2 aromatic carbocycles. The van der Waals surface area contributed by atoms with Crippen molar-refractivity contribution in [2.75, 3.05) is 0 Å². The molecule has 3 rings (SSSR count). The van der Waals surface area contributed by atoms with Gasteiger partial charge in [0.1, 0.15) is 11.6 Å². The van der Waals surface area contributed by atoms with Gasteiger partial charge in [-0.15, -0.1) is 0 Å². The molecule has 0 bridgehead atoms. The Morgan fingerprint density at radius 3 is 2.22 bits per heavy atom. The lowest BCUT2D eigenvalue weighted by Crippen LogP contribution is -2.30. The predicted octanol–water partition coefficient (Wildman–Crippen LogP) is 3.71. The number of halogens is 3. The van der Waals surface area contributed by atoms with E-state index in [1.165, 1.54) is 12.1 Å². The van der Waals surface area contributed by atoms with Gasteiger partial charge < -0.3 is 0 Å². The van der Waals surface area contributed by atoms with Crippen molar-refractivity contribution in [3.63, 3.8) is 0 Å². The third kappa shape index (κ3) is 3.50. The first-order chi connectivity index (χ1) is 12.8. The van der Waals surface area contributed by atoms with Crippen molar-refractivity contribution < 1.29 is 0 Å². The molecule has 1 aromatic heterocycles. The van der Waals surface area contributed by atoms with E-state index in [0.29, 0.717) is 16.1 Å². The van der Waals surface area contributed by atoms with Crippen molar-refractivity contribution in [1.29, 1.82) is 5.26 Å². The van der Waals surface area contributed by atoms with Gasteiger partial charge in [-0.05, 0) is 36.8 Å². The number of H-pyrrole nitrogens is 1. The van der Waals surface area contributed by atoms with Crippen LogP contribution < -0.4 is 11.2 Å². The molecule has 0 spiro atoms. The van der Waals surface area contributed by atoms with Crippen LogP contribution in [0.3, 0.4) is 0 Å². The van der Waals surface area contributed by atoms with Crippen LogP contribution in [0.2, 0.25) is 15.1 Å². The normalized spacial score (nSPS) is 13.0. The number of hydrogen-bond donors (Lipinski definition) is 1. The van der Waals surface area contributed by atoms with Gasteiger partial charge in [0, 0.05) is 20.6 Å². The standard InChI is InChI=1S/C18H11Cl3N4O2/c1-18(9-22,10-2-4-11(19)5-3-10)16-13(20)6-12(7-14(16)21)25-17(27)24-15(26)8-23-25/h2-8H,1H3,(H,24,26,27). The summed E-state index contributed by atoms with van der Waals surface area (Å²) < 4.78 is 0.953. The Morgan fingerprint density at radius 2 is 1.70 bits per heavy atom. The van der Waals surface area contributed by atoms with Gasteiger partial charge >= 0.3 is 5.69 Å². The largest absolute Gasteiger partial charge is 0.349 e. The summed E-state index contributed by atoms with van der Waals surface area (Å²) in [6.45, 7) is 1.69. The zero-order chi connectivity index (χ0) is 19.8. The van der Waals surface area contributed by atoms with Gasteiger partial charge in [0.15, 0.2) is 0 Å². The summed E-state index contributed by atoms with van der Waals surface area (Å²) in [5.74, 6) is 0. The molecular formula is C18H11Cl3N4O2. The quantitative estimate of drug-likeness (QED) is 0.698. The first kappa shape index (κ1) is 19.2. The summed E-state index contributed by atoms with van der Waals surface area (Å²) in [7, 11) is 0. The van der Waals surface area contributed by atoms with Crippen LogP contribution in [-0.2, 0) is 5.41 Å². The molecule has 1 unspecified atom stereocenters. The maximum atomic E-state index is 11.9. The van der Waals surface area contributed by atoms with Gasteiger partial charge in [0.05, 0.1) is 11.8 Å². The number of nitrogens with one attached hydrogen (secondary N) is 1. The molecule has 0 aliphatic rings. The minimum atomic E-state index is -1.15. The van der Waals surface area contributed by atoms with Crippen LogP contribution in [0, 0.1) is 11.3 Å². The van der Waals surface area contributed by atoms with Gasteiger partial charge in [0.2, 0.25) is 0 Å². The number of aromatic nitrogens is 3. The highest BCUT2D eigenvalue weighted by atomic mass is 35.5. The number of benzene rings is 2. The molecule has 0 fully saturated rings. The average Bonchev–Trinajstić information content (AvgIpc) is 2.61. The Bertz CT molecular complexity index is 1160. The van der Waals surface area contributed by atoms with Crippen molar-refractivity contribution in [3.05, 3.63) is 89.6 Å². The van der Waals surface area contributed by atoms with Gasteiger partial charge in [-0.1, -0.05) is 46.9 Å². The van der Waals surface area contributed by atoms with E-state index in [2.05, 4.69) is 16.2 Å². The molecule has 1 heterocycles. The molecule has 0 aliphatic carbocycles. The minimum absolute atomic E-state index is 0.177. The Hall–Kier alpha value is -2.59. The lowest BCUT2D eigenvalue weighted by molar-refractivity contribution is 0.731. The van der Waals surface area contributed by atoms with E-state index in [0.717, 1.165) is 10.9 Å². The highest BCUT2D eigenvalue weighted by Gasteiger charge is 2.34. The molecule has 0 aliphatic heterocycles. The average molecular weight is 422 g/mol. The molecule has 1 atom stereocenters. The highest BCUT2D eigenvalue weighted by Crippen LogP contribution is 2.41. The van der Waals surface area contributed by atoms with Crippen LogP contribution in [0.1, 0.15) is 18.1 Å². The summed E-state index contributed by atoms with van der Waals surface area (Å²) in [6.07, 6.45) is 0.963. The fraction of sp³-hybridized carbons (Fsp3) is 0.111. The maximum absolute atomic E-state index is 11.9. The van der Waals surface area contributed by atoms with Crippen molar-refractivity contribution in [3.8, 4) is 11.8 Å². The summed E-state index contributed by atoms with van der Waals surface area (Å²) in [4.78, 5) is 25.2. The van der Waals surface area contributed by atoms with Gasteiger partial charge in [-0.2, -0.15) is 15.0 Å². The summed E-state index contributed by atoms with van der Waals surface area (Å²) >= 11 is 18.8. The number of hydrogen-bond acceptors (Lipinski definition) is 4. The van der Waals surface area contributed by atoms with Gasteiger partial charge in [0.25, 0.3) is 5.56 Å². The summed E-state index contributed by atoms with van der Waals surface area (Å²) in [5, 5.41) is 14.5. The minimum Gasteiger partial charge on any atom is -0.271 e. The predicted molar refractivity (Wildman–Crippen MR) is 104 cm³/mol. The topological polar surface area (TPSA) is 91.5 Å². The second kappa shape index (κ2) is 7.20. The zero-order valence-electron chi connectivity index (χ0n) is 13.8. The third-order valence-electron chi connectivity index (χ3n) is 4.13. The van der Waals surface area contributed by atoms with Crippen LogP contribution in [-0.4, -0.2) is 14.8 Å². The van der Waals surface area contributed by atoms with Crippen molar-refractivity contribution in [2.24, 2.45) is 0 Å². The van der Waals surface area contributed by atoms with Crippen molar-refractivity contribution in [2.45, 2.75) is 12.3 Å². The smallest absolute Gasteiger partial charge is 0.271 e. The van der Waals surface area contributed by atoms with Gasteiger partial charge in [-0.3, -0.25) is 9.78 Å². The molecule has 3 aromatic rings. The van der Waals surface area contributed by atoms with E-state index in [9.17, 15) is 14.9 Å². The number of aromatic amines is 1. The van der Waals surface area contributed by atoms with Crippen LogP contribution in [0.5, 0.6) is 0 Å². The Labute approximate surface area is 168 Å². The van der Waals surface area contributed by atoms with E-state index in [4.69, 9.17) is 34.8 Å². The number of nitriles is 1. The molecule has 6 nitrogen and oxygen atoms in total. The number of rotatable bonds is 3. The SMILES string of the molecule is CC(C#N)(c1ccc(Cl)cc1)c1c(Cl)cc(-n2ncc(=O)[nH]c2=O)cc1Cl. The lowest BCUT2D eigenvalue weighted by atomic mass is 9.77. The fourth-order valence-corrected chi connectivity index (χ4v) is 3.72. The molecule has 27 heavy (non-hydrogen) atoms. The molecule has 0 amide bonds. The number of nitrogens with zero attached hydrogens (tertiary/aromatic N) is 3. The third-order valence-corrected chi connectivity index (χ3v) is 4.98. The molecule has 0 radical (unpaired) electrons. The van der Waals surface area contributed by atoms with Gasteiger partial charge in [-0.25, -0.2) is 4.79 Å². The van der Waals surface area contributed by atoms with Crippen LogP contribution in [0.15, 0.2) is 52.2 Å². The maximum Gasteiger partial charge on any atom is 0.349 e. The van der Waals surface area contributed by atoms with E-state index in [-0.39, 0.29) is 15.7 Å². The first-order valence-electron chi connectivity index (χ1n) is 7.62. The highest BCUT2D eigenvalue weighted by molar-refractivity contribution is 6.36. The van der Waals surface area contributed by atoms with Crippen LogP contribution in [0.25, 0.3) is 5.69 Å². The van der Waals surface area contributed by atoms with Crippen molar-refractivity contribution in [1.82, 2.24) is 14.8 Å². The van der Waals surface area contributed by atoms with E-state index in [1.807, 2.05) is 0 Å². The molecular weight excluding hydrogens is 411 g/mol. The zero-order valence-corrected chi connectivity index (χ0v) is 16.1. The lowest BCUT2D eigenvalue weighted by Gasteiger charge is -2.25. The Kier molecular flexibility index (Phi) is 5.11. The second-order valence-corrected chi connectivity index (χ2v) is 7.13. The Balaban J connectivity index is 2.20. The summed E-state index contributed by atoms with van der Waals surface area (Å²) in [5.41, 5.74) is -1.21. The molecule has 136 valence electrons. The van der Waals surface area contributed by atoms with Crippen LogP contribution >= 0.6 is 34.8 Å². The van der Waals surface area contributed by atoms with E-state index in [1.54, 1.807) is 31.2 Å². The van der Waals surface area contributed by atoms with E-state index >= 15 is 0 Å². The van der Waals surface area contributed by atoms with Crippen molar-refractivity contribution >= 4 is 34.8 Å². The monoisotopic (exact) mass is 420 g/mol. The molecule has 0 saturated heterocycles. The molecule has 1 N–H and O–H groups in total.